The minimum Gasteiger partial charge on any atom is -0.449 e. The third-order valence-corrected chi connectivity index (χ3v) is 3.11. The number of rotatable bonds is 4. The normalized spacial score (nSPS) is 8.82. The number of carbonyl (C=O) groups excluding carboxylic acids is 3. The van der Waals surface area contributed by atoms with Crippen molar-refractivity contribution in [3.8, 4) is 0 Å². The van der Waals surface area contributed by atoms with Crippen LogP contribution in [0.1, 0.15) is 0 Å². The highest BCUT2D eigenvalue weighted by Crippen LogP contribution is 2.15. The molecule has 0 aromatic rings. The maximum absolute atomic E-state index is 10.4. The van der Waals surface area contributed by atoms with Gasteiger partial charge in [0.15, 0.2) is 0 Å². The average molecular weight is 394 g/mol. The number of thioether (sulfide) groups is 2. The summed E-state index contributed by atoms with van der Waals surface area (Å²) in [6.07, 6.45) is 5.96. The van der Waals surface area contributed by atoms with Gasteiger partial charge in [0, 0.05) is 24.3 Å². The standard InChI is InChI=1S/C5H11NO2S2.C2H4S.C2H6S.CH5N.CO2.CH3/c1-6-5(7)8-3-4-10-9-2;1-2-3-1;1-3-2;1-2;2-1-3;/h3-4H2,1-2H3,(H,6,7);1-2H2;1-2H3;2H2,1H3;;1H3/q;;;;;-1. The number of nitrogens with two attached hydrogens (primary N) is 1. The minimum absolute atomic E-state index is 0. The summed E-state index contributed by atoms with van der Waals surface area (Å²) < 4.78 is 4.71. The summed E-state index contributed by atoms with van der Waals surface area (Å²) in [6.45, 7) is 0.477. The van der Waals surface area contributed by atoms with E-state index < -0.39 is 0 Å². The number of ether oxygens (including phenoxy) is 1. The first-order valence-corrected chi connectivity index (χ1v) is 11.2. The molecule has 1 saturated heterocycles. The molecule has 0 saturated carbocycles. The van der Waals surface area contributed by atoms with Crippen molar-refractivity contribution in [3.63, 3.8) is 0 Å². The molecule has 136 valence electrons. The fraction of sp³-hybridized carbons (Fsp3) is 0.750. The SMILES string of the molecule is C1CS1.CN.CNC(=O)OCCSSC.CSC.O=C=O.[CH3-]. The van der Waals surface area contributed by atoms with Gasteiger partial charge < -0.3 is 23.2 Å². The summed E-state index contributed by atoms with van der Waals surface area (Å²) in [7, 11) is 6.38. The van der Waals surface area contributed by atoms with Crippen molar-refractivity contribution in [3.05, 3.63) is 7.43 Å². The molecule has 1 aliphatic rings. The fourth-order valence-electron chi connectivity index (χ4n) is 0.324. The Hall–Kier alpha value is 0.01000. The molecule has 0 atom stereocenters. The first kappa shape index (κ1) is 33.6. The van der Waals surface area contributed by atoms with Gasteiger partial charge in [0.1, 0.15) is 6.61 Å². The first-order valence-electron chi connectivity index (χ1n) is 5.69. The van der Waals surface area contributed by atoms with Gasteiger partial charge in [0.2, 0.25) is 0 Å². The van der Waals surface area contributed by atoms with Crippen LogP contribution in [-0.4, -0.2) is 69.0 Å². The first-order chi connectivity index (χ1) is 10.1. The van der Waals surface area contributed by atoms with Crippen LogP contribution in [-0.2, 0) is 14.3 Å². The summed E-state index contributed by atoms with van der Waals surface area (Å²) >= 11 is 3.75. The van der Waals surface area contributed by atoms with E-state index in [2.05, 4.69) is 11.1 Å². The van der Waals surface area contributed by atoms with Gasteiger partial charge in [-0.1, -0.05) is 21.6 Å². The van der Waals surface area contributed by atoms with Gasteiger partial charge in [0.05, 0.1) is 0 Å². The molecular weight excluding hydrogens is 364 g/mol. The van der Waals surface area contributed by atoms with E-state index in [1.54, 1.807) is 40.4 Å². The third-order valence-electron chi connectivity index (χ3n) is 0.926. The number of hydrogen-bond acceptors (Lipinski definition) is 9. The lowest BCUT2D eigenvalue weighted by Gasteiger charge is -2.00. The monoisotopic (exact) mass is 393 g/mol. The highest BCUT2D eigenvalue weighted by molar-refractivity contribution is 8.76. The molecule has 0 aliphatic carbocycles. The summed E-state index contributed by atoms with van der Waals surface area (Å²) in [5.74, 6) is 3.68. The Morgan fingerprint density at radius 1 is 1.27 bits per heavy atom. The number of carbonyl (C=O) groups is 1. The molecule has 0 bridgehead atoms. The van der Waals surface area contributed by atoms with Crippen molar-refractivity contribution in [2.24, 2.45) is 5.73 Å². The van der Waals surface area contributed by atoms with Crippen LogP contribution in [0.4, 0.5) is 4.79 Å². The second-order valence-electron chi connectivity index (χ2n) is 2.48. The molecule has 0 radical (unpaired) electrons. The largest absolute Gasteiger partial charge is 0.449 e. The lowest BCUT2D eigenvalue weighted by molar-refractivity contribution is -0.191. The predicted molar refractivity (Wildman–Crippen MR) is 105 cm³/mol. The van der Waals surface area contributed by atoms with Crippen LogP contribution in [0.15, 0.2) is 0 Å². The molecule has 0 unspecified atom stereocenters. The molecule has 0 spiro atoms. The minimum atomic E-state index is -0.360. The molecule has 0 aromatic heterocycles. The maximum Gasteiger partial charge on any atom is 0.406 e. The fourth-order valence-corrected chi connectivity index (χ4v) is 1.35. The van der Waals surface area contributed by atoms with Crippen LogP contribution in [0.5, 0.6) is 0 Å². The highest BCUT2D eigenvalue weighted by Gasteiger charge is 1.95. The molecule has 10 heteroatoms. The maximum atomic E-state index is 10.4. The Morgan fingerprint density at radius 3 is 1.86 bits per heavy atom. The zero-order valence-corrected chi connectivity index (χ0v) is 17.4. The summed E-state index contributed by atoms with van der Waals surface area (Å²) in [5, 5.41) is 2.36. The van der Waals surface area contributed by atoms with Crippen LogP contribution in [0, 0.1) is 7.43 Å². The van der Waals surface area contributed by atoms with E-state index in [-0.39, 0.29) is 19.7 Å². The van der Waals surface area contributed by atoms with E-state index in [1.165, 1.54) is 18.6 Å². The highest BCUT2D eigenvalue weighted by atomic mass is 33.1. The summed E-state index contributed by atoms with van der Waals surface area (Å²) in [4.78, 5) is 26.7. The zero-order valence-electron chi connectivity index (χ0n) is 14.2. The topological polar surface area (TPSA) is 98.5 Å². The smallest absolute Gasteiger partial charge is 0.406 e. The van der Waals surface area contributed by atoms with Crippen LogP contribution < -0.4 is 11.1 Å². The van der Waals surface area contributed by atoms with Crippen molar-refractivity contribution >= 4 is 57.4 Å². The second kappa shape index (κ2) is 42.9. The van der Waals surface area contributed by atoms with Crippen LogP contribution in [0.3, 0.4) is 0 Å². The molecule has 1 amide bonds. The Morgan fingerprint density at radius 2 is 1.64 bits per heavy atom. The Bertz CT molecular complexity index is 215. The van der Waals surface area contributed by atoms with Gasteiger partial charge in [0.25, 0.3) is 0 Å². The lowest BCUT2D eigenvalue weighted by atomic mass is 10.8. The van der Waals surface area contributed by atoms with E-state index in [1.807, 2.05) is 30.5 Å². The van der Waals surface area contributed by atoms with Gasteiger partial charge in [-0.15, -0.1) is 0 Å². The molecule has 0 aromatic carbocycles. The van der Waals surface area contributed by atoms with Crippen molar-refractivity contribution < 1.29 is 19.1 Å². The van der Waals surface area contributed by atoms with Gasteiger partial charge in [-0.3, -0.25) is 0 Å². The average Bonchev–Trinajstić information content (AvgIpc) is 3.36. The number of amides is 1. The van der Waals surface area contributed by atoms with E-state index in [0.29, 0.717) is 6.61 Å². The number of nitrogens with one attached hydrogen (secondary N) is 1. The van der Waals surface area contributed by atoms with Gasteiger partial charge in [-0.2, -0.15) is 33.1 Å². The third kappa shape index (κ3) is 89.1. The molecular formula is C12H29N2O4S4-. The van der Waals surface area contributed by atoms with Crippen LogP contribution in [0.25, 0.3) is 0 Å². The predicted octanol–water partition coefficient (Wildman–Crippen LogP) is 2.51. The molecule has 1 aliphatic heterocycles. The Labute approximate surface area is 151 Å². The quantitative estimate of drug-likeness (QED) is 0.323. The second-order valence-corrected chi connectivity index (χ2v) is 7.20. The van der Waals surface area contributed by atoms with Crippen LogP contribution >= 0.6 is 45.1 Å². The molecule has 1 rings (SSSR count). The number of alkyl carbamates (subject to hydrolysis) is 1. The van der Waals surface area contributed by atoms with E-state index >= 15 is 0 Å². The molecule has 6 nitrogen and oxygen atoms in total. The van der Waals surface area contributed by atoms with E-state index in [9.17, 15) is 4.79 Å². The van der Waals surface area contributed by atoms with Gasteiger partial charge >= 0.3 is 12.2 Å². The molecule has 3 N–H and O–H groups in total. The van der Waals surface area contributed by atoms with Crippen LogP contribution in [0.2, 0.25) is 0 Å². The van der Waals surface area contributed by atoms with Gasteiger partial charge in [-0.05, 0) is 25.8 Å². The van der Waals surface area contributed by atoms with Gasteiger partial charge in [-0.25, -0.2) is 4.79 Å². The summed E-state index contributed by atoms with van der Waals surface area (Å²) in [5.41, 5.74) is 4.50. The van der Waals surface area contributed by atoms with E-state index in [4.69, 9.17) is 14.3 Å². The van der Waals surface area contributed by atoms with Crippen molar-refractivity contribution in [1.29, 1.82) is 0 Å². The molecule has 1 heterocycles. The van der Waals surface area contributed by atoms with Crippen molar-refractivity contribution in [1.82, 2.24) is 5.32 Å². The van der Waals surface area contributed by atoms with E-state index in [0.717, 1.165) is 5.75 Å². The lowest BCUT2D eigenvalue weighted by Crippen LogP contribution is -2.20. The summed E-state index contributed by atoms with van der Waals surface area (Å²) in [6, 6.07) is 0. The zero-order chi connectivity index (χ0) is 17.4. The molecule has 1 fully saturated rings. The van der Waals surface area contributed by atoms with Crippen molar-refractivity contribution in [2.75, 3.05) is 56.7 Å². The molecule has 22 heavy (non-hydrogen) atoms. The van der Waals surface area contributed by atoms with Crippen molar-refractivity contribution in [2.45, 2.75) is 0 Å². The Balaban J connectivity index is -0.0000000662. The Kier molecular flexibility index (Phi) is 65.4. The number of hydrogen-bond donors (Lipinski definition) is 2.